The molecule has 1 amide bonds. The lowest BCUT2D eigenvalue weighted by Gasteiger charge is -2.36. The van der Waals surface area contributed by atoms with E-state index in [4.69, 9.17) is 4.74 Å². The number of benzene rings is 2. The number of rotatable bonds is 8. The number of hydrogen-bond acceptors (Lipinski definition) is 5. The number of thiophene rings is 1. The molecule has 36 heavy (non-hydrogen) atoms. The lowest BCUT2D eigenvalue weighted by atomic mass is 9.99. The Morgan fingerprint density at radius 3 is 2.50 bits per heavy atom. The van der Waals surface area contributed by atoms with Crippen LogP contribution in [0, 0.1) is 5.92 Å². The van der Waals surface area contributed by atoms with Crippen molar-refractivity contribution in [3.05, 3.63) is 88.6 Å². The third-order valence-electron chi connectivity index (χ3n) is 7.07. The van der Waals surface area contributed by atoms with Crippen LogP contribution in [0.5, 0.6) is 5.75 Å². The van der Waals surface area contributed by atoms with Crippen molar-refractivity contribution in [1.82, 2.24) is 9.80 Å². The summed E-state index contributed by atoms with van der Waals surface area (Å²) in [7, 11) is 0. The van der Waals surface area contributed by atoms with Crippen LogP contribution in [0.3, 0.4) is 0 Å². The summed E-state index contributed by atoms with van der Waals surface area (Å²) in [5, 5.41) is 2.03. The largest absolute Gasteiger partial charge is 0.493 e. The first-order valence-corrected chi connectivity index (χ1v) is 13.9. The standard InChI is InChI=1S/C30H35N3O2S/c34-30(15-14-29-9-5-21-36-29)33-16-4-6-26(23-33)24-35-28-12-10-25(11-13-28)22-31-17-19-32(20-18-31)27-7-2-1-3-8-27/h1-3,5,7-15,21,26H,4,6,16-20,22-24H2. The fourth-order valence-electron chi connectivity index (χ4n) is 5.01. The molecule has 0 aliphatic carbocycles. The topological polar surface area (TPSA) is 36.0 Å². The van der Waals surface area contributed by atoms with E-state index < -0.39 is 0 Å². The molecule has 5 rings (SSSR count). The molecule has 3 heterocycles. The van der Waals surface area contributed by atoms with Crippen molar-refractivity contribution < 1.29 is 9.53 Å². The smallest absolute Gasteiger partial charge is 0.246 e. The molecule has 1 aromatic heterocycles. The molecule has 2 fully saturated rings. The predicted molar refractivity (Wildman–Crippen MR) is 149 cm³/mol. The van der Waals surface area contributed by atoms with E-state index in [1.165, 1.54) is 11.3 Å². The summed E-state index contributed by atoms with van der Waals surface area (Å²) in [5.41, 5.74) is 2.64. The number of anilines is 1. The van der Waals surface area contributed by atoms with Crippen molar-refractivity contribution in [3.63, 3.8) is 0 Å². The molecule has 6 heteroatoms. The summed E-state index contributed by atoms with van der Waals surface area (Å²) in [4.78, 5) is 20.7. The van der Waals surface area contributed by atoms with E-state index in [2.05, 4.69) is 64.4 Å². The molecule has 0 saturated carbocycles. The molecule has 2 saturated heterocycles. The number of carbonyl (C=O) groups excluding carboxylic acids is 1. The van der Waals surface area contributed by atoms with Crippen molar-refractivity contribution in [2.24, 2.45) is 5.92 Å². The molecule has 5 nitrogen and oxygen atoms in total. The van der Waals surface area contributed by atoms with Gasteiger partial charge in [0.2, 0.25) is 5.91 Å². The molecule has 3 aromatic rings. The van der Waals surface area contributed by atoms with Crippen molar-refractivity contribution >= 4 is 29.0 Å². The SMILES string of the molecule is O=C(C=Cc1cccs1)N1CCCC(COc2ccc(CN3CCN(c4ccccc4)CC3)cc2)C1. The third kappa shape index (κ3) is 6.77. The first kappa shape index (κ1) is 24.6. The van der Waals surface area contributed by atoms with Crippen LogP contribution < -0.4 is 9.64 Å². The monoisotopic (exact) mass is 501 g/mol. The fraction of sp³-hybridized carbons (Fsp3) is 0.367. The number of ether oxygens (including phenoxy) is 1. The van der Waals surface area contributed by atoms with Crippen LogP contribution >= 0.6 is 11.3 Å². The van der Waals surface area contributed by atoms with E-state index in [1.54, 1.807) is 17.4 Å². The minimum atomic E-state index is 0.0991. The Morgan fingerprint density at radius 1 is 0.944 bits per heavy atom. The number of hydrogen-bond donors (Lipinski definition) is 0. The Bertz CT molecular complexity index is 1110. The van der Waals surface area contributed by atoms with Gasteiger partial charge in [0.1, 0.15) is 5.75 Å². The summed E-state index contributed by atoms with van der Waals surface area (Å²) >= 11 is 1.65. The number of para-hydroxylation sites is 1. The summed E-state index contributed by atoms with van der Waals surface area (Å²) < 4.78 is 6.13. The maximum absolute atomic E-state index is 12.6. The highest BCUT2D eigenvalue weighted by molar-refractivity contribution is 7.10. The summed E-state index contributed by atoms with van der Waals surface area (Å²) in [5.74, 6) is 1.38. The van der Waals surface area contributed by atoms with Crippen LogP contribution in [0.25, 0.3) is 6.08 Å². The van der Waals surface area contributed by atoms with Gasteiger partial charge in [-0.05, 0) is 60.2 Å². The average Bonchev–Trinajstić information content (AvgIpc) is 3.46. The molecule has 1 atom stereocenters. The molecule has 2 aliphatic rings. The molecule has 0 spiro atoms. The van der Waals surface area contributed by atoms with Gasteiger partial charge in [0.05, 0.1) is 6.61 Å². The van der Waals surface area contributed by atoms with Crippen LogP contribution in [-0.2, 0) is 11.3 Å². The first-order chi connectivity index (χ1) is 17.7. The maximum Gasteiger partial charge on any atom is 0.246 e. The van der Waals surface area contributed by atoms with Crippen LogP contribution in [0.2, 0.25) is 0 Å². The normalized spacial score (nSPS) is 19.1. The van der Waals surface area contributed by atoms with Gasteiger partial charge >= 0.3 is 0 Å². The van der Waals surface area contributed by atoms with Crippen LogP contribution in [-0.4, -0.2) is 61.6 Å². The third-order valence-corrected chi connectivity index (χ3v) is 7.91. The van der Waals surface area contributed by atoms with Gasteiger partial charge in [-0.15, -0.1) is 11.3 Å². The molecule has 2 aliphatic heterocycles. The van der Waals surface area contributed by atoms with Crippen molar-refractivity contribution in [2.75, 3.05) is 50.8 Å². The van der Waals surface area contributed by atoms with Gasteiger partial charge in [-0.2, -0.15) is 0 Å². The Kier molecular flexibility index (Phi) is 8.36. The summed E-state index contributed by atoms with van der Waals surface area (Å²) in [6.45, 7) is 7.50. The minimum Gasteiger partial charge on any atom is -0.493 e. The number of piperazine rings is 1. The van der Waals surface area contributed by atoms with E-state index in [-0.39, 0.29) is 5.91 Å². The zero-order valence-corrected chi connectivity index (χ0v) is 21.6. The zero-order chi connectivity index (χ0) is 24.6. The quantitative estimate of drug-likeness (QED) is 0.387. The Morgan fingerprint density at radius 2 is 1.75 bits per heavy atom. The molecule has 1 unspecified atom stereocenters. The lowest BCUT2D eigenvalue weighted by Crippen LogP contribution is -2.45. The van der Waals surface area contributed by atoms with E-state index >= 15 is 0 Å². The molecular weight excluding hydrogens is 466 g/mol. The summed E-state index contributed by atoms with van der Waals surface area (Å²) in [6.07, 6.45) is 5.75. The van der Waals surface area contributed by atoms with E-state index in [0.29, 0.717) is 12.5 Å². The van der Waals surface area contributed by atoms with Crippen LogP contribution in [0.15, 0.2) is 78.2 Å². The second-order valence-electron chi connectivity index (χ2n) is 9.69. The molecular formula is C30H35N3O2S. The zero-order valence-electron chi connectivity index (χ0n) is 20.8. The predicted octanol–water partition coefficient (Wildman–Crippen LogP) is 5.40. The first-order valence-electron chi connectivity index (χ1n) is 13.0. The number of carbonyl (C=O) groups is 1. The molecule has 0 bridgehead atoms. The molecule has 2 aromatic carbocycles. The second kappa shape index (κ2) is 12.2. The Hall–Kier alpha value is -3.09. The minimum absolute atomic E-state index is 0.0991. The van der Waals surface area contributed by atoms with E-state index in [0.717, 1.165) is 69.3 Å². The Labute approximate surface area is 218 Å². The highest BCUT2D eigenvalue weighted by Gasteiger charge is 2.23. The van der Waals surface area contributed by atoms with Crippen molar-refractivity contribution in [1.29, 1.82) is 0 Å². The van der Waals surface area contributed by atoms with Gasteiger partial charge in [-0.1, -0.05) is 36.4 Å². The summed E-state index contributed by atoms with van der Waals surface area (Å²) in [6, 6.07) is 23.3. The van der Waals surface area contributed by atoms with E-state index in [9.17, 15) is 4.79 Å². The average molecular weight is 502 g/mol. The van der Waals surface area contributed by atoms with Crippen molar-refractivity contribution in [3.8, 4) is 5.75 Å². The van der Waals surface area contributed by atoms with Crippen molar-refractivity contribution in [2.45, 2.75) is 19.4 Å². The highest BCUT2D eigenvalue weighted by atomic mass is 32.1. The molecule has 0 N–H and O–H groups in total. The number of piperidine rings is 1. The molecule has 188 valence electrons. The van der Waals surface area contributed by atoms with Gasteiger partial charge in [0, 0.05) is 68.4 Å². The fourth-order valence-corrected chi connectivity index (χ4v) is 5.63. The number of amides is 1. The number of likely N-dealkylation sites (tertiary alicyclic amines) is 1. The maximum atomic E-state index is 12.6. The van der Waals surface area contributed by atoms with Gasteiger partial charge in [0.25, 0.3) is 0 Å². The van der Waals surface area contributed by atoms with Gasteiger partial charge in [-0.3, -0.25) is 9.69 Å². The highest BCUT2D eigenvalue weighted by Crippen LogP contribution is 2.21. The Balaban J connectivity index is 1.04. The van der Waals surface area contributed by atoms with Gasteiger partial charge in [0.15, 0.2) is 0 Å². The van der Waals surface area contributed by atoms with E-state index in [1.807, 2.05) is 28.5 Å². The molecule has 0 radical (unpaired) electrons. The van der Waals surface area contributed by atoms with Gasteiger partial charge in [-0.25, -0.2) is 0 Å². The van der Waals surface area contributed by atoms with Gasteiger partial charge < -0.3 is 14.5 Å². The number of nitrogens with zero attached hydrogens (tertiary/aromatic N) is 3. The van der Waals surface area contributed by atoms with Crippen LogP contribution in [0.1, 0.15) is 23.3 Å². The lowest BCUT2D eigenvalue weighted by molar-refractivity contribution is -0.127. The second-order valence-corrected chi connectivity index (χ2v) is 10.7. The van der Waals surface area contributed by atoms with Crippen LogP contribution in [0.4, 0.5) is 5.69 Å².